The highest BCUT2D eigenvalue weighted by atomic mass is 33.0. The van der Waals surface area contributed by atoms with Gasteiger partial charge in [0.15, 0.2) is 0 Å². The van der Waals surface area contributed by atoms with Gasteiger partial charge in [0, 0.05) is 0 Å². The highest BCUT2D eigenvalue weighted by Gasteiger charge is 2.26. The fraction of sp³-hybridized carbons (Fsp3) is 1.00. The van der Waals surface area contributed by atoms with Gasteiger partial charge in [-0.25, -0.2) is 0 Å². The van der Waals surface area contributed by atoms with Gasteiger partial charge in [-0.15, -0.1) is 0 Å². The van der Waals surface area contributed by atoms with Gasteiger partial charge in [0.05, 0.1) is 0 Å². The van der Waals surface area contributed by atoms with E-state index in [1.54, 1.807) is 24.6 Å². The summed E-state index contributed by atoms with van der Waals surface area (Å²) in [4.78, 5) is 0. The molecule has 2 fully saturated rings. The quantitative estimate of drug-likeness (QED) is 0.606. The largest absolute Gasteiger partial charge is 0.0863 e. The maximum Gasteiger partial charge on any atom is -0.0268 e. The summed E-state index contributed by atoms with van der Waals surface area (Å²) in [5.41, 5.74) is 0. The minimum atomic E-state index is 0.699. The van der Waals surface area contributed by atoms with Gasteiger partial charge in [-0.2, -0.15) is 0 Å². The van der Waals surface area contributed by atoms with Crippen molar-refractivity contribution in [1.29, 1.82) is 0 Å². The van der Waals surface area contributed by atoms with E-state index in [0.29, 0.717) is 14.0 Å². The smallest absolute Gasteiger partial charge is 0.0268 e. The number of rotatable bonds is 1. The molecule has 58 valence electrons. The van der Waals surface area contributed by atoms with E-state index >= 15 is 0 Å². The fourth-order valence-corrected chi connectivity index (χ4v) is 43.4. The predicted molar refractivity (Wildman–Crippen MR) is 66.6 cm³/mol. The first-order valence-electron chi connectivity index (χ1n) is 3.51. The molecule has 0 aliphatic carbocycles. The van der Waals surface area contributed by atoms with E-state index in [1.165, 1.54) is 33.1 Å². The third-order valence-corrected chi connectivity index (χ3v) is 38.6. The van der Waals surface area contributed by atoms with Crippen LogP contribution >= 0.6 is 47.1 Å². The summed E-state index contributed by atoms with van der Waals surface area (Å²) in [5, 5.41) is 0. The zero-order valence-corrected chi connectivity index (χ0v) is 11.5. The van der Waals surface area contributed by atoms with Crippen molar-refractivity contribution in [1.82, 2.24) is 0 Å². The van der Waals surface area contributed by atoms with Crippen molar-refractivity contribution in [3.05, 3.63) is 0 Å². The van der Waals surface area contributed by atoms with E-state index < -0.39 is 0 Å². The Hall–Kier alpha value is 2.58. The minimum absolute atomic E-state index is 0.699. The Morgan fingerprint density at radius 3 is 1.20 bits per heavy atom. The second kappa shape index (κ2) is 4.72. The Bertz CT molecular complexity index is 90.3. The number of hydrogen-bond acceptors (Lipinski definition) is 0. The third kappa shape index (κ3) is 2.29. The van der Waals surface area contributed by atoms with Crippen molar-refractivity contribution in [2.24, 2.45) is 0 Å². The molecule has 0 amide bonds. The average Bonchev–Trinajstić information content (AvgIpc) is 2.59. The monoisotopic (exact) mass is 246 g/mol. The lowest BCUT2D eigenvalue weighted by atomic mass is 11.0. The van der Waals surface area contributed by atoms with Crippen molar-refractivity contribution < 1.29 is 0 Å². The molecule has 0 N–H and O–H groups in total. The summed E-state index contributed by atoms with van der Waals surface area (Å²) in [5.74, 6) is 0. The summed E-state index contributed by atoms with van der Waals surface area (Å²) >= 11 is 0. The van der Waals surface area contributed by atoms with Gasteiger partial charge in [0.1, 0.15) is 0 Å². The standard InChI is InChI=1S/C4H12P6/c1-2-6-9(5-1)10-7-3-4-8-10/h5-8H,1-4H2. The van der Waals surface area contributed by atoms with Crippen LogP contribution in [0.2, 0.25) is 0 Å². The molecule has 0 aromatic rings. The topological polar surface area (TPSA) is 0 Å². The highest BCUT2D eigenvalue weighted by Crippen LogP contribution is 3.03. The molecule has 2 heterocycles. The van der Waals surface area contributed by atoms with Gasteiger partial charge >= 0.3 is 0 Å². The molecule has 0 aromatic heterocycles. The second-order valence-corrected chi connectivity index (χ2v) is 25.5. The van der Waals surface area contributed by atoms with Crippen LogP contribution in [0.4, 0.5) is 0 Å². The minimum Gasteiger partial charge on any atom is -0.0863 e. The van der Waals surface area contributed by atoms with E-state index in [2.05, 4.69) is 0 Å². The van der Waals surface area contributed by atoms with Gasteiger partial charge in [-0.05, 0) is 38.6 Å². The Balaban J connectivity index is 1.85. The molecule has 0 radical (unpaired) electrons. The van der Waals surface area contributed by atoms with Gasteiger partial charge in [-0.3, -0.25) is 0 Å². The maximum atomic E-state index is 1.62. The first-order chi connectivity index (χ1) is 4.97. The second-order valence-electron chi connectivity index (χ2n) is 2.26. The molecule has 0 spiro atoms. The summed E-state index contributed by atoms with van der Waals surface area (Å²) < 4.78 is 0. The Morgan fingerprint density at radius 2 is 0.900 bits per heavy atom. The van der Waals surface area contributed by atoms with Crippen LogP contribution in [0.1, 0.15) is 0 Å². The van der Waals surface area contributed by atoms with Crippen LogP contribution in [0.25, 0.3) is 0 Å². The van der Waals surface area contributed by atoms with E-state index in [-0.39, 0.29) is 0 Å². The molecule has 2 aliphatic rings. The third-order valence-electron chi connectivity index (χ3n) is 1.50. The Kier molecular flexibility index (Phi) is 4.31. The lowest BCUT2D eigenvalue weighted by Crippen LogP contribution is -1.61. The lowest BCUT2D eigenvalue weighted by Gasteiger charge is -2.16. The summed E-state index contributed by atoms with van der Waals surface area (Å²) in [6, 6.07) is 0. The molecule has 2 rings (SSSR count). The van der Waals surface area contributed by atoms with Gasteiger partial charge < -0.3 is 0 Å². The highest BCUT2D eigenvalue weighted by molar-refractivity contribution is 8.99. The molecule has 4 atom stereocenters. The van der Waals surface area contributed by atoms with Crippen LogP contribution in [0, 0.1) is 0 Å². The lowest BCUT2D eigenvalue weighted by molar-refractivity contribution is 1.57. The SMILES string of the molecule is C1CPP(P2PCCP2)P1. The first kappa shape index (κ1) is 9.15. The number of hydrogen-bond donors (Lipinski definition) is 0. The van der Waals surface area contributed by atoms with Crippen molar-refractivity contribution >= 4 is 47.1 Å². The maximum absolute atomic E-state index is 1.62. The zero-order chi connectivity index (χ0) is 6.81. The van der Waals surface area contributed by atoms with Crippen molar-refractivity contribution in [2.75, 3.05) is 24.6 Å². The van der Waals surface area contributed by atoms with Crippen LogP contribution in [-0.2, 0) is 0 Å². The van der Waals surface area contributed by atoms with Crippen molar-refractivity contribution in [3.8, 4) is 0 Å². The van der Waals surface area contributed by atoms with Crippen LogP contribution < -0.4 is 0 Å². The molecular formula is C4H12P6. The molecule has 0 bridgehead atoms. The van der Waals surface area contributed by atoms with E-state index in [1.807, 2.05) is 0 Å². The Morgan fingerprint density at radius 1 is 0.600 bits per heavy atom. The van der Waals surface area contributed by atoms with E-state index in [0.717, 1.165) is 0 Å². The molecule has 2 saturated heterocycles. The van der Waals surface area contributed by atoms with Crippen LogP contribution in [0.3, 0.4) is 0 Å². The molecule has 0 nitrogen and oxygen atoms in total. The molecule has 0 aromatic carbocycles. The van der Waals surface area contributed by atoms with Crippen LogP contribution in [-0.4, -0.2) is 24.6 Å². The molecule has 0 saturated carbocycles. The van der Waals surface area contributed by atoms with Crippen molar-refractivity contribution in [2.45, 2.75) is 0 Å². The summed E-state index contributed by atoms with van der Waals surface area (Å²) in [6.45, 7) is 1.40. The zero-order valence-electron chi connectivity index (χ0n) is 5.72. The molecule has 10 heavy (non-hydrogen) atoms. The average molecular weight is 246 g/mol. The Labute approximate surface area is 72.0 Å². The summed E-state index contributed by atoms with van der Waals surface area (Å²) in [7, 11) is 5.81. The van der Waals surface area contributed by atoms with E-state index in [4.69, 9.17) is 0 Å². The first-order valence-corrected chi connectivity index (χ1v) is 15.1. The van der Waals surface area contributed by atoms with Gasteiger partial charge in [0.2, 0.25) is 0 Å². The normalized spacial score (nSPS) is 50.4. The van der Waals surface area contributed by atoms with E-state index in [9.17, 15) is 0 Å². The van der Waals surface area contributed by atoms with Gasteiger partial charge in [-0.1, -0.05) is 33.1 Å². The van der Waals surface area contributed by atoms with Crippen LogP contribution in [0.15, 0.2) is 0 Å². The molecule has 6 heteroatoms. The summed E-state index contributed by atoms with van der Waals surface area (Å²) in [6.07, 6.45) is 6.49. The molecular weight excluding hydrogens is 234 g/mol. The van der Waals surface area contributed by atoms with Crippen molar-refractivity contribution in [3.63, 3.8) is 0 Å². The molecule has 4 unspecified atom stereocenters. The molecule has 2 aliphatic heterocycles. The van der Waals surface area contributed by atoms with Gasteiger partial charge in [0.25, 0.3) is 0 Å². The van der Waals surface area contributed by atoms with Crippen LogP contribution in [0.5, 0.6) is 0 Å². The predicted octanol–water partition coefficient (Wildman–Crippen LogP) is 4.27. The fourth-order valence-electron chi connectivity index (χ4n) is 1.04.